The number of anilines is 3. The number of imidazole rings is 1. The summed E-state index contributed by atoms with van der Waals surface area (Å²) in [6.45, 7) is 11.3. The molecule has 2 N–H and O–H groups in total. The van der Waals surface area contributed by atoms with Crippen LogP contribution in [0.5, 0.6) is 0 Å². The Bertz CT molecular complexity index is 1290. The molecular weight excluding hydrogens is 484 g/mol. The molecule has 0 spiro atoms. The highest BCUT2D eigenvalue weighted by atomic mass is 32.1. The number of hydrogen-bond donors (Lipinski definition) is 2. The minimum Gasteiger partial charge on any atom is -0.378 e. The van der Waals surface area contributed by atoms with Gasteiger partial charge in [-0.25, -0.2) is 15.0 Å². The summed E-state index contributed by atoms with van der Waals surface area (Å²) in [4.78, 5) is 34.4. The largest absolute Gasteiger partial charge is 0.378 e. The first-order chi connectivity index (χ1) is 17.9. The Kier molecular flexibility index (Phi) is 8.73. The van der Waals surface area contributed by atoms with Gasteiger partial charge in [-0.2, -0.15) is 0 Å². The van der Waals surface area contributed by atoms with Crippen molar-refractivity contribution < 1.29 is 4.79 Å². The van der Waals surface area contributed by atoms with E-state index in [1.54, 1.807) is 6.20 Å². The van der Waals surface area contributed by atoms with E-state index in [9.17, 15) is 4.79 Å². The number of piperazine rings is 1. The summed E-state index contributed by atoms with van der Waals surface area (Å²) >= 11 is 1.41. The van der Waals surface area contributed by atoms with Crippen molar-refractivity contribution in [1.82, 2.24) is 24.8 Å². The van der Waals surface area contributed by atoms with Crippen LogP contribution in [0.15, 0.2) is 42.0 Å². The molecule has 0 unspecified atom stereocenters. The zero-order valence-corrected chi connectivity index (χ0v) is 23.1. The van der Waals surface area contributed by atoms with Gasteiger partial charge in [0.25, 0.3) is 0 Å². The molecule has 4 heterocycles. The number of likely N-dealkylation sites (N-methyl/N-ethyl adjacent to an activating group) is 1. The first-order valence-electron chi connectivity index (χ1n) is 12.7. The van der Waals surface area contributed by atoms with E-state index in [0.717, 1.165) is 61.7 Å². The van der Waals surface area contributed by atoms with Crippen LogP contribution in [0.2, 0.25) is 0 Å². The average molecular weight is 521 g/mol. The number of rotatable bonds is 6. The fourth-order valence-corrected chi connectivity index (χ4v) is 4.96. The monoisotopic (exact) mass is 520 g/mol. The van der Waals surface area contributed by atoms with Gasteiger partial charge in [-0.15, -0.1) is 11.3 Å². The second-order valence-electron chi connectivity index (χ2n) is 9.15. The lowest BCUT2D eigenvalue weighted by atomic mass is 10.1. The van der Waals surface area contributed by atoms with Gasteiger partial charge in [0.2, 0.25) is 5.91 Å². The fourth-order valence-electron chi connectivity index (χ4n) is 4.38. The van der Waals surface area contributed by atoms with Crippen LogP contribution in [0.3, 0.4) is 0 Å². The van der Waals surface area contributed by atoms with Gasteiger partial charge in [-0.1, -0.05) is 13.8 Å². The maximum Gasteiger partial charge on any atom is 0.223 e. The molecule has 3 aromatic heterocycles. The first kappa shape index (κ1) is 26.6. The van der Waals surface area contributed by atoms with Crippen LogP contribution >= 0.6 is 11.3 Å². The molecule has 1 amide bonds. The lowest BCUT2D eigenvalue weighted by molar-refractivity contribution is -0.114. The quantitative estimate of drug-likeness (QED) is 0.387. The molecule has 5 rings (SSSR count). The first-order valence-corrected chi connectivity index (χ1v) is 13.6. The van der Waals surface area contributed by atoms with Crippen LogP contribution in [0.25, 0.3) is 22.6 Å². The van der Waals surface area contributed by atoms with Gasteiger partial charge < -0.3 is 25.0 Å². The number of carbonyl (C=O) groups is 1. The molecule has 0 saturated carbocycles. The molecule has 196 valence electrons. The molecule has 0 bridgehead atoms. The number of H-pyrrole nitrogens is 1. The van der Waals surface area contributed by atoms with Gasteiger partial charge in [0.1, 0.15) is 11.3 Å². The number of aromatic nitrogens is 4. The van der Waals surface area contributed by atoms with Gasteiger partial charge in [0, 0.05) is 76.2 Å². The molecule has 4 aromatic rings. The van der Waals surface area contributed by atoms with E-state index in [4.69, 9.17) is 4.98 Å². The fraction of sp³-hybridized carbons (Fsp3) is 0.407. The zero-order valence-electron chi connectivity index (χ0n) is 22.3. The van der Waals surface area contributed by atoms with Crippen molar-refractivity contribution >= 4 is 44.9 Å². The van der Waals surface area contributed by atoms with Gasteiger partial charge >= 0.3 is 0 Å². The molecule has 1 fully saturated rings. The summed E-state index contributed by atoms with van der Waals surface area (Å²) in [6.07, 6.45) is 4.62. The van der Waals surface area contributed by atoms with Gasteiger partial charge in [-0.05, 0) is 42.8 Å². The number of hydrogen-bond acceptors (Lipinski definition) is 8. The number of pyridine rings is 1. The van der Waals surface area contributed by atoms with E-state index in [0.29, 0.717) is 5.13 Å². The maximum atomic E-state index is 10.4. The van der Waals surface area contributed by atoms with E-state index >= 15 is 0 Å². The second-order valence-corrected chi connectivity index (χ2v) is 10.0. The predicted octanol–water partition coefficient (Wildman–Crippen LogP) is 4.50. The molecule has 10 heteroatoms. The number of nitrogens with zero attached hydrogens (tertiary/aromatic N) is 6. The van der Waals surface area contributed by atoms with Gasteiger partial charge in [0.15, 0.2) is 10.8 Å². The molecule has 1 aliphatic heterocycles. The molecule has 0 aliphatic carbocycles. The van der Waals surface area contributed by atoms with Crippen molar-refractivity contribution in [1.29, 1.82) is 0 Å². The molecule has 1 aromatic carbocycles. The van der Waals surface area contributed by atoms with E-state index < -0.39 is 0 Å². The third kappa shape index (κ3) is 6.44. The van der Waals surface area contributed by atoms with Crippen LogP contribution in [0.4, 0.5) is 16.5 Å². The Hall–Kier alpha value is -3.50. The lowest BCUT2D eigenvalue weighted by Crippen LogP contribution is -2.46. The summed E-state index contributed by atoms with van der Waals surface area (Å²) in [6, 6.07) is 8.48. The average Bonchev–Trinajstić information content (AvgIpc) is 3.58. The molecule has 37 heavy (non-hydrogen) atoms. The number of amides is 1. The van der Waals surface area contributed by atoms with E-state index in [-0.39, 0.29) is 5.91 Å². The van der Waals surface area contributed by atoms with Crippen LogP contribution in [0, 0.1) is 0 Å². The van der Waals surface area contributed by atoms with Crippen molar-refractivity contribution in [3.05, 3.63) is 47.6 Å². The number of carbonyl (C=O) groups excluding carboxylic acids is 1. The summed E-state index contributed by atoms with van der Waals surface area (Å²) < 4.78 is 0. The highest BCUT2D eigenvalue weighted by Gasteiger charge is 2.22. The van der Waals surface area contributed by atoms with Crippen molar-refractivity contribution in [2.24, 2.45) is 0 Å². The van der Waals surface area contributed by atoms with Crippen LogP contribution in [0.1, 0.15) is 26.3 Å². The minimum absolute atomic E-state index is 0.0787. The van der Waals surface area contributed by atoms with E-state index in [1.165, 1.54) is 35.2 Å². The van der Waals surface area contributed by atoms with Crippen LogP contribution in [-0.2, 0) is 11.2 Å². The van der Waals surface area contributed by atoms with Crippen molar-refractivity contribution in [3.63, 3.8) is 0 Å². The number of aryl methyl sites for hydroxylation is 1. The summed E-state index contributed by atoms with van der Waals surface area (Å²) in [5.41, 5.74) is 6.71. The SMILES string of the molecule is CC(=O)Nc1nccs1.CCc1cnc2nc(-c3ccc(N(C)C)cc3)[nH]c2c1N1CCN(CC)CC1. The highest BCUT2D eigenvalue weighted by Crippen LogP contribution is 2.32. The summed E-state index contributed by atoms with van der Waals surface area (Å²) in [7, 11) is 4.11. The Morgan fingerprint density at radius 1 is 1.11 bits per heavy atom. The van der Waals surface area contributed by atoms with Gasteiger partial charge in [-0.3, -0.25) is 4.79 Å². The molecular formula is C27H36N8OS. The Morgan fingerprint density at radius 3 is 2.41 bits per heavy atom. The van der Waals surface area contributed by atoms with Crippen LogP contribution < -0.4 is 15.1 Å². The van der Waals surface area contributed by atoms with Gasteiger partial charge in [0.05, 0.1) is 5.69 Å². The number of aromatic amines is 1. The normalized spacial score (nSPS) is 13.8. The van der Waals surface area contributed by atoms with Crippen LogP contribution in [-0.4, -0.2) is 77.6 Å². The van der Waals surface area contributed by atoms with E-state index in [2.05, 4.69) is 87.2 Å². The zero-order chi connectivity index (χ0) is 26.4. The number of nitrogens with one attached hydrogen (secondary N) is 2. The number of benzene rings is 1. The molecule has 0 atom stereocenters. The third-order valence-electron chi connectivity index (χ3n) is 6.46. The van der Waals surface area contributed by atoms with Crippen molar-refractivity contribution in [3.8, 4) is 11.4 Å². The predicted molar refractivity (Wildman–Crippen MR) is 154 cm³/mol. The highest BCUT2D eigenvalue weighted by molar-refractivity contribution is 7.13. The number of thiazole rings is 1. The smallest absolute Gasteiger partial charge is 0.223 e. The minimum atomic E-state index is -0.0787. The molecule has 0 radical (unpaired) electrons. The second kappa shape index (κ2) is 12.2. The molecule has 9 nitrogen and oxygen atoms in total. The lowest BCUT2D eigenvalue weighted by Gasteiger charge is -2.36. The maximum absolute atomic E-state index is 10.4. The van der Waals surface area contributed by atoms with Crippen molar-refractivity contribution in [2.75, 3.05) is 61.9 Å². The Balaban J connectivity index is 0.000000301. The summed E-state index contributed by atoms with van der Waals surface area (Å²) in [5.74, 6) is 0.805. The molecule has 1 saturated heterocycles. The standard InChI is InChI=1S/C22H30N6.C5H6N2OS/c1-5-16-15-23-22-19(20(16)28-13-11-27(6-2)12-14-28)24-21(25-22)17-7-9-18(10-8-17)26(3)4;1-4(8)7-5-6-2-3-9-5/h7-10,15H,5-6,11-14H2,1-4H3,(H,23,24,25);2-3H,1H3,(H,6,7,8). The van der Waals surface area contributed by atoms with E-state index in [1.807, 2.05) is 11.6 Å². The number of fused-ring (bicyclic) bond motifs is 1. The molecule has 1 aliphatic rings. The van der Waals surface area contributed by atoms with Crippen molar-refractivity contribution in [2.45, 2.75) is 27.2 Å². The Labute approximate surface area is 222 Å². The summed E-state index contributed by atoms with van der Waals surface area (Å²) in [5, 5.41) is 5.02. The Morgan fingerprint density at radius 2 is 1.84 bits per heavy atom. The third-order valence-corrected chi connectivity index (χ3v) is 7.15. The topological polar surface area (TPSA) is 93.3 Å².